The number of hydrogen-bond donors (Lipinski definition) is 6. The Morgan fingerprint density at radius 2 is 1.57 bits per heavy atom. The highest BCUT2D eigenvalue weighted by Gasteiger charge is 2.48. The predicted molar refractivity (Wildman–Crippen MR) is 198 cm³/mol. The molecule has 1 saturated carbocycles. The van der Waals surface area contributed by atoms with Gasteiger partial charge in [-0.1, -0.05) is 73.5 Å². The SMILES string of the molecule is CC(=O)Oc1ccc2c(c1/C=C/c1ccccc1)C(=O)c1cc(O[C@H]3O[C@@H](C4CCCC4)[C@@H](O)[C@@H](O)[C@H]3O)c(Cc3cccc(C(N)N)c3)c(O)c1C2=O. The third kappa shape index (κ3) is 7.07. The third-order valence-corrected chi connectivity index (χ3v) is 10.4. The average Bonchev–Trinajstić information content (AvgIpc) is 3.70. The molecule has 0 amide bonds. The maximum absolute atomic E-state index is 14.6. The van der Waals surface area contributed by atoms with E-state index >= 15 is 0 Å². The van der Waals surface area contributed by atoms with Gasteiger partial charge in [-0.05, 0) is 59.7 Å². The lowest BCUT2D eigenvalue weighted by Crippen LogP contribution is -2.60. The van der Waals surface area contributed by atoms with Gasteiger partial charge in [0.1, 0.15) is 35.6 Å². The van der Waals surface area contributed by atoms with Crippen molar-refractivity contribution in [1.29, 1.82) is 0 Å². The second-order valence-electron chi connectivity index (χ2n) is 14.1. The van der Waals surface area contributed by atoms with Crippen LogP contribution < -0.4 is 20.9 Å². The number of rotatable bonds is 9. The highest BCUT2D eigenvalue weighted by molar-refractivity contribution is 6.31. The number of benzene rings is 4. The molecule has 0 spiro atoms. The van der Waals surface area contributed by atoms with E-state index in [0.717, 1.165) is 31.2 Å². The van der Waals surface area contributed by atoms with Gasteiger partial charge >= 0.3 is 5.97 Å². The van der Waals surface area contributed by atoms with Gasteiger partial charge in [0, 0.05) is 41.2 Å². The van der Waals surface area contributed by atoms with E-state index in [-0.39, 0.29) is 57.2 Å². The van der Waals surface area contributed by atoms with Crippen LogP contribution in [0.5, 0.6) is 17.2 Å². The number of ether oxygens (including phenoxy) is 3. The maximum Gasteiger partial charge on any atom is 0.308 e. The molecule has 280 valence electrons. The molecule has 0 aromatic heterocycles. The van der Waals surface area contributed by atoms with Crippen molar-refractivity contribution in [3.05, 3.63) is 123 Å². The first-order valence-electron chi connectivity index (χ1n) is 18.0. The van der Waals surface area contributed by atoms with Crippen LogP contribution >= 0.6 is 0 Å². The summed E-state index contributed by atoms with van der Waals surface area (Å²) in [5.74, 6) is -2.61. The molecule has 4 aromatic carbocycles. The molecular weight excluding hydrogens is 692 g/mol. The monoisotopic (exact) mass is 734 g/mol. The molecule has 12 heteroatoms. The number of carbonyl (C=O) groups excluding carboxylic acids is 3. The number of esters is 1. The molecule has 2 aliphatic carbocycles. The van der Waals surface area contributed by atoms with Crippen molar-refractivity contribution in [2.45, 2.75) is 75.9 Å². The summed E-state index contributed by atoms with van der Waals surface area (Å²) in [6.07, 6.45) is -1.19. The van der Waals surface area contributed by atoms with E-state index in [2.05, 4.69) is 0 Å². The van der Waals surface area contributed by atoms with Crippen LogP contribution in [-0.4, -0.2) is 68.7 Å². The molecule has 12 nitrogen and oxygen atoms in total. The Bertz CT molecular complexity index is 2130. The second-order valence-corrected chi connectivity index (χ2v) is 14.1. The maximum atomic E-state index is 14.6. The van der Waals surface area contributed by atoms with Gasteiger partial charge < -0.3 is 46.1 Å². The fourth-order valence-corrected chi connectivity index (χ4v) is 7.71. The van der Waals surface area contributed by atoms with Crippen molar-refractivity contribution in [1.82, 2.24) is 0 Å². The van der Waals surface area contributed by atoms with Gasteiger partial charge in [0.05, 0.1) is 17.8 Å². The molecule has 4 aromatic rings. The fourth-order valence-electron chi connectivity index (χ4n) is 7.71. The average molecular weight is 735 g/mol. The summed E-state index contributed by atoms with van der Waals surface area (Å²) in [5, 5.41) is 44.9. The number of phenolic OH excluding ortho intramolecular Hbond substituents is 1. The van der Waals surface area contributed by atoms with E-state index in [0.29, 0.717) is 11.1 Å². The standard InChI is InChI=1S/C42H42N2O10/c1-21(45)52-30-17-16-27-32(26(30)15-14-22-8-3-2-4-9-22)36(48)29-20-31(53-42-39(51)37(49)38(50)40(54-42)24-11-5-6-12-24)28(35(47)33(29)34(27)46)19-23-10-7-13-25(18-23)41(43)44/h2-4,7-10,13-18,20,24,37-42,47,49-51H,5-6,11-12,19,43-44H2,1H3/b15-14+/t37-,38+,39-,40+,42+/m1/s1. The van der Waals surface area contributed by atoms with Crippen LogP contribution in [0.25, 0.3) is 12.2 Å². The minimum atomic E-state index is -1.71. The number of carbonyl (C=O) groups is 3. The molecule has 0 unspecified atom stereocenters. The van der Waals surface area contributed by atoms with Crippen molar-refractivity contribution in [3.63, 3.8) is 0 Å². The van der Waals surface area contributed by atoms with E-state index in [9.17, 15) is 34.8 Å². The Morgan fingerprint density at radius 3 is 2.28 bits per heavy atom. The number of aliphatic hydroxyl groups excluding tert-OH is 3. The summed E-state index contributed by atoms with van der Waals surface area (Å²) in [5.41, 5.74) is 13.7. The second kappa shape index (κ2) is 15.3. The first-order chi connectivity index (χ1) is 25.9. The number of nitrogens with two attached hydrogens (primary N) is 2. The Hall–Kier alpha value is -5.21. The van der Waals surface area contributed by atoms with Gasteiger partial charge in [0.15, 0.2) is 11.6 Å². The Morgan fingerprint density at radius 1 is 0.852 bits per heavy atom. The van der Waals surface area contributed by atoms with Crippen molar-refractivity contribution >= 4 is 29.7 Å². The number of aromatic hydroxyl groups is 1. The molecule has 1 saturated heterocycles. The molecule has 2 fully saturated rings. The highest BCUT2D eigenvalue weighted by atomic mass is 16.7. The van der Waals surface area contributed by atoms with Gasteiger partial charge in [-0.3, -0.25) is 14.4 Å². The van der Waals surface area contributed by atoms with E-state index in [1.165, 1.54) is 25.1 Å². The Balaban J connectivity index is 1.36. The van der Waals surface area contributed by atoms with Crippen LogP contribution in [0.1, 0.15) is 98.4 Å². The minimum Gasteiger partial charge on any atom is -0.507 e. The molecule has 7 rings (SSSR count). The van der Waals surface area contributed by atoms with E-state index in [4.69, 9.17) is 25.7 Å². The molecule has 54 heavy (non-hydrogen) atoms. The van der Waals surface area contributed by atoms with Gasteiger partial charge in [-0.25, -0.2) is 0 Å². The van der Waals surface area contributed by atoms with E-state index in [1.54, 1.807) is 36.4 Å². The van der Waals surface area contributed by atoms with Crippen molar-refractivity contribution in [2.75, 3.05) is 0 Å². The summed E-state index contributed by atoms with van der Waals surface area (Å²) in [6, 6.07) is 20.3. The third-order valence-electron chi connectivity index (χ3n) is 10.4. The molecule has 0 bridgehead atoms. The summed E-state index contributed by atoms with van der Waals surface area (Å²) in [7, 11) is 0. The van der Waals surface area contributed by atoms with Gasteiger partial charge in [0.2, 0.25) is 6.29 Å². The van der Waals surface area contributed by atoms with Crippen molar-refractivity contribution in [2.24, 2.45) is 17.4 Å². The zero-order chi connectivity index (χ0) is 38.3. The van der Waals surface area contributed by atoms with Crippen LogP contribution in [0, 0.1) is 5.92 Å². The van der Waals surface area contributed by atoms with Crippen LogP contribution in [-0.2, 0) is 16.0 Å². The zero-order valence-corrected chi connectivity index (χ0v) is 29.6. The molecule has 0 radical (unpaired) electrons. The van der Waals surface area contributed by atoms with Crippen LogP contribution in [0.4, 0.5) is 0 Å². The number of aliphatic hydroxyl groups is 3. The number of fused-ring (bicyclic) bond motifs is 2. The Kier molecular flexibility index (Phi) is 10.5. The van der Waals surface area contributed by atoms with Gasteiger partial charge in [-0.2, -0.15) is 0 Å². The highest BCUT2D eigenvalue weighted by Crippen LogP contribution is 2.45. The lowest BCUT2D eigenvalue weighted by Gasteiger charge is -2.42. The molecule has 5 atom stereocenters. The molecule has 3 aliphatic rings. The molecule has 8 N–H and O–H groups in total. The summed E-state index contributed by atoms with van der Waals surface area (Å²) >= 11 is 0. The minimum absolute atomic E-state index is 0.00955. The quantitative estimate of drug-likeness (QED) is 0.0546. The predicted octanol–water partition coefficient (Wildman–Crippen LogP) is 4.15. The lowest BCUT2D eigenvalue weighted by molar-refractivity contribution is -0.282. The van der Waals surface area contributed by atoms with Crippen LogP contribution in [0.3, 0.4) is 0 Å². The van der Waals surface area contributed by atoms with Gasteiger partial charge in [-0.15, -0.1) is 0 Å². The van der Waals surface area contributed by atoms with Crippen molar-refractivity contribution in [3.8, 4) is 17.2 Å². The molecule has 1 aliphatic heterocycles. The number of hydrogen-bond acceptors (Lipinski definition) is 12. The topological polar surface area (TPSA) is 212 Å². The first kappa shape index (κ1) is 37.1. The zero-order valence-electron chi connectivity index (χ0n) is 29.6. The van der Waals surface area contributed by atoms with Gasteiger partial charge in [0.25, 0.3) is 0 Å². The van der Waals surface area contributed by atoms with E-state index in [1.807, 2.05) is 30.3 Å². The number of ketones is 2. The largest absolute Gasteiger partial charge is 0.507 e. The normalized spacial score (nSPS) is 22.8. The summed E-state index contributed by atoms with van der Waals surface area (Å²) < 4.78 is 17.9. The molecular formula is C42H42N2O10. The molecule has 1 heterocycles. The smallest absolute Gasteiger partial charge is 0.308 e. The van der Waals surface area contributed by atoms with E-state index < -0.39 is 60.2 Å². The number of phenols is 1. The first-order valence-corrected chi connectivity index (χ1v) is 18.0. The summed E-state index contributed by atoms with van der Waals surface area (Å²) in [6.45, 7) is 1.22. The fraction of sp³-hybridized carbons (Fsp3) is 0.310. The van der Waals surface area contributed by atoms with Crippen LogP contribution in [0.2, 0.25) is 0 Å². The Labute approximate surface area is 311 Å². The summed E-state index contributed by atoms with van der Waals surface area (Å²) in [4.78, 5) is 41.1. The van der Waals surface area contributed by atoms with Crippen LogP contribution in [0.15, 0.2) is 72.8 Å². The lowest BCUT2D eigenvalue weighted by atomic mass is 9.79. The van der Waals surface area contributed by atoms with Crippen molar-refractivity contribution < 1.29 is 49.0 Å².